The molecule has 0 aromatic heterocycles. The number of benzene rings is 1. The van der Waals surface area contributed by atoms with E-state index in [0.29, 0.717) is 31.2 Å². The number of hydrogen-bond donors (Lipinski definition) is 0. The maximum absolute atomic E-state index is 13.8. The van der Waals surface area contributed by atoms with Gasteiger partial charge in [-0.1, -0.05) is 24.4 Å². The molecule has 0 N–H and O–H groups in total. The summed E-state index contributed by atoms with van der Waals surface area (Å²) < 4.78 is 13.8. The molecule has 1 aromatic rings. The van der Waals surface area contributed by atoms with Gasteiger partial charge in [-0.05, 0) is 31.0 Å². The summed E-state index contributed by atoms with van der Waals surface area (Å²) in [7, 11) is 0. The predicted molar refractivity (Wildman–Crippen MR) is 85.9 cm³/mol. The van der Waals surface area contributed by atoms with Crippen LogP contribution in [0.25, 0.3) is 0 Å². The van der Waals surface area contributed by atoms with Crippen LogP contribution in [0.3, 0.4) is 0 Å². The predicted octanol–water partition coefficient (Wildman–Crippen LogP) is 2.95. The van der Waals surface area contributed by atoms with Gasteiger partial charge in [0.05, 0.1) is 5.56 Å². The Morgan fingerprint density at radius 3 is 2.30 bits per heavy atom. The van der Waals surface area contributed by atoms with E-state index in [4.69, 9.17) is 11.6 Å². The third-order valence-corrected chi connectivity index (χ3v) is 4.98. The summed E-state index contributed by atoms with van der Waals surface area (Å²) in [6, 6.07) is 3.98. The van der Waals surface area contributed by atoms with Gasteiger partial charge in [-0.15, -0.1) is 0 Å². The van der Waals surface area contributed by atoms with Gasteiger partial charge in [-0.25, -0.2) is 4.39 Å². The molecule has 0 spiro atoms. The zero-order chi connectivity index (χ0) is 16.4. The van der Waals surface area contributed by atoms with E-state index in [2.05, 4.69) is 0 Å². The molecule has 2 aliphatic rings. The minimum atomic E-state index is -0.566. The zero-order valence-electron chi connectivity index (χ0n) is 12.9. The molecule has 1 aliphatic carbocycles. The molecule has 1 aromatic carbocycles. The van der Waals surface area contributed by atoms with Crippen LogP contribution in [0.2, 0.25) is 5.02 Å². The third kappa shape index (κ3) is 3.50. The first kappa shape index (κ1) is 16.2. The summed E-state index contributed by atoms with van der Waals surface area (Å²) >= 11 is 5.85. The second-order valence-corrected chi connectivity index (χ2v) is 6.66. The van der Waals surface area contributed by atoms with Gasteiger partial charge in [-0.2, -0.15) is 0 Å². The Balaban J connectivity index is 1.61. The van der Waals surface area contributed by atoms with Crippen molar-refractivity contribution < 1.29 is 14.0 Å². The summed E-state index contributed by atoms with van der Waals surface area (Å²) in [6.45, 7) is 1.90. The monoisotopic (exact) mass is 338 g/mol. The second-order valence-electron chi connectivity index (χ2n) is 6.22. The van der Waals surface area contributed by atoms with Crippen molar-refractivity contribution >= 4 is 23.4 Å². The summed E-state index contributed by atoms with van der Waals surface area (Å²) in [5.41, 5.74) is -0.00642. The second kappa shape index (κ2) is 6.87. The topological polar surface area (TPSA) is 40.6 Å². The minimum absolute atomic E-state index is 0.00642. The van der Waals surface area contributed by atoms with Crippen molar-refractivity contribution in [2.24, 2.45) is 5.92 Å². The molecule has 6 heteroatoms. The molecule has 2 fully saturated rings. The average Bonchev–Trinajstić information content (AvgIpc) is 3.10. The highest BCUT2D eigenvalue weighted by molar-refractivity contribution is 6.31. The SMILES string of the molecule is O=C(c1cc(Cl)ccc1F)N1CCN(C(=O)C2CCCC2)CC1. The summed E-state index contributed by atoms with van der Waals surface area (Å²) in [5.74, 6) is -0.562. The first-order valence-electron chi connectivity index (χ1n) is 8.09. The molecule has 1 saturated heterocycles. The lowest BCUT2D eigenvalue weighted by Crippen LogP contribution is -2.51. The van der Waals surface area contributed by atoms with E-state index in [9.17, 15) is 14.0 Å². The van der Waals surface area contributed by atoms with Crippen LogP contribution in [0.4, 0.5) is 4.39 Å². The highest BCUT2D eigenvalue weighted by Gasteiger charge is 2.31. The molecule has 4 nitrogen and oxygen atoms in total. The van der Waals surface area contributed by atoms with Gasteiger partial charge in [-0.3, -0.25) is 9.59 Å². The third-order valence-electron chi connectivity index (χ3n) is 4.74. The highest BCUT2D eigenvalue weighted by Crippen LogP contribution is 2.27. The molecule has 1 saturated carbocycles. The standard InChI is InChI=1S/C17H20ClFN2O2/c18-13-5-6-15(19)14(11-13)17(23)21-9-7-20(8-10-21)16(22)12-3-1-2-4-12/h5-6,11-12H,1-4,7-10H2. The van der Waals surface area contributed by atoms with Crippen LogP contribution >= 0.6 is 11.6 Å². The van der Waals surface area contributed by atoms with Crippen LogP contribution in [0, 0.1) is 11.7 Å². The Bertz CT molecular complexity index is 609. The molecule has 0 unspecified atom stereocenters. The smallest absolute Gasteiger partial charge is 0.257 e. The number of rotatable bonds is 2. The summed E-state index contributed by atoms with van der Waals surface area (Å²) in [6.07, 6.45) is 4.21. The van der Waals surface area contributed by atoms with E-state index in [1.807, 2.05) is 4.90 Å². The Morgan fingerprint density at radius 2 is 1.65 bits per heavy atom. The lowest BCUT2D eigenvalue weighted by molar-refractivity contribution is -0.136. The van der Waals surface area contributed by atoms with Gasteiger partial charge in [0, 0.05) is 37.1 Å². The average molecular weight is 339 g/mol. The number of amides is 2. The summed E-state index contributed by atoms with van der Waals surface area (Å²) in [5, 5.41) is 0.338. The van der Waals surface area contributed by atoms with Gasteiger partial charge in [0.1, 0.15) is 5.82 Å². The largest absolute Gasteiger partial charge is 0.339 e. The molecule has 124 valence electrons. The number of carbonyl (C=O) groups excluding carboxylic acids is 2. The van der Waals surface area contributed by atoms with E-state index in [-0.39, 0.29) is 23.3 Å². The van der Waals surface area contributed by atoms with Crippen LogP contribution in [0.5, 0.6) is 0 Å². The Hall–Kier alpha value is -1.62. The first-order chi connectivity index (χ1) is 11.1. The Kier molecular flexibility index (Phi) is 4.85. The molecular formula is C17H20ClFN2O2. The molecule has 23 heavy (non-hydrogen) atoms. The van der Waals surface area contributed by atoms with Gasteiger partial charge in [0.15, 0.2) is 0 Å². The van der Waals surface area contributed by atoms with Crippen LogP contribution in [0.15, 0.2) is 18.2 Å². The van der Waals surface area contributed by atoms with Gasteiger partial charge >= 0.3 is 0 Å². The number of hydrogen-bond acceptors (Lipinski definition) is 2. The lowest BCUT2D eigenvalue weighted by Gasteiger charge is -2.36. The molecule has 0 radical (unpaired) electrons. The van der Waals surface area contributed by atoms with Crippen molar-refractivity contribution in [3.05, 3.63) is 34.6 Å². The van der Waals surface area contributed by atoms with Crippen LogP contribution in [-0.4, -0.2) is 47.8 Å². The highest BCUT2D eigenvalue weighted by atomic mass is 35.5. The van der Waals surface area contributed by atoms with E-state index < -0.39 is 5.82 Å². The fourth-order valence-electron chi connectivity index (χ4n) is 3.39. The van der Waals surface area contributed by atoms with Crippen molar-refractivity contribution in [3.8, 4) is 0 Å². The molecule has 2 amide bonds. The van der Waals surface area contributed by atoms with E-state index in [0.717, 1.165) is 25.7 Å². The van der Waals surface area contributed by atoms with Crippen molar-refractivity contribution in [2.75, 3.05) is 26.2 Å². The van der Waals surface area contributed by atoms with Crippen molar-refractivity contribution in [2.45, 2.75) is 25.7 Å². The molecule has 1 heterocycles. The minimum Gasteiger partial charge on any atom is -0.339 e. The normalized spacial score (nSPS) is 19.2. The lowest BCUT2D eigenvalue weighted by atomic mass is 10.1. The number of nitrogens with zero attached hydrogens (tertiary/aromatic N) is 2. The summed E-state index contributed by atoms with van der Waals surface area (Å²) in [4.78, 5) is 28.3. The van der Waals surface area contributed by atoms with E-state index in [1.165, 1.54) is 18.2 Å². The van der Waals surface area contributed by atoms with E-state index in [1.54, 1.807) is 4.90 Å². The van der Waals surface area contributed by atoms with Crippen LogP contribution in [-0.2, 0) is 4.79 Å². The van der Waals surface area contributed by atoms with Crippen LogP contribution in [0.1, 0.15) is 36.0 Å². The Morgan fingerprint density at radius 1 is 1.04 bits per heavy atom. The van der Waals surface area contributed by atoms with Crippen LogP contribution < -0.4 is 0 Å². The van der Waals surface area contributed by atoms with Gasteiger partial charge < -0.3 is 9.80 Å². The fraction of sp³-hybridized carbons (Fsp3) is 0.529. The van der Waals surface area contributed by atoms with Crippen molar-refractivity contribution in [3.63, 3.8) is 0 Å². The number of halogens is 2. The van der Waals surface area contributed by atoms with E-state index >= 15 is 0 Å². The number of carbonyl (C=O) groups is 2. The molecule has 0 bridgehead atoms. The van der Waals surface area contributed by atoms with Crippen molar-refractivity contribution in [1.82, 2.24) is 9.80 Å². The molecule has 0 atom stereocenters. The zero-order valence-corrected chi connectivity index (χ0v) is 13.7. The van der Waals surface area contributed by atoms with Gasteiger partial charge in [0.2, 0.25) is 5.91 Å². The maximum atomic E-state index is 13.8. The maximum Gasteiger partial charge on any atom is 0.257 e. The number of piperazine rings is 1. The van der Waals surface area contributed by atoms with Crippen molar-refractivity contribution in [1.29, 1.82) is 0 Å². The quantitative estimate of drug-likeness (QED) is 0.832. The fourth-order valence-corrected chi connectivity index (χ4v) is 3.56. The molecule has 1 aliphatic heterocycles. The molecule has 3 rings (SSSR count). The first-order valence-corrected chi connectivity index (χ1v) is 8.47. The molecular weight excluding hydrogens is 319 g/mol. The Labute approximate surface area is 140 Å². The van der Waals surface area contributed by atoms with Gasteiger partial charge in [0.25, 0.3) is 5.91 Å².